The van der Waals surface area contributed by atoms with Crippen molar-refractivity contribution in [2.45, 2.75) is 13.3 Å². The van der Waals surface area contributed by atoms with E-state index in [4.69, 9.17) is 28.0 Å². The Morgan fingerprint density at radius 2 is 1.70 bits per heavy atom. The zero-order chi connectivity index (χ0) is 22.8. The maximum Gasteiger partial charge on any atom is 0.337 e. The van der Waals surface area contributed by atoms with Crippen LogP contribution in [0.2, 0.25) is 0 Å². The van der Waals surface area contributed by atoms with E-state index >= 15 is 0 Å². The van der Waals surface area contributed by atoms with E-state index in [1.807, 2.05) is 6.08 Å². The first-order chi connectivity index (χ1) is 14.2. The lowest BCUT2D eigenvalue weighted by atomic mass is 9.59. The van der Waals surface area contributed by atoms with Gasteiger partial charge in [-0.05, 0) is 6.92 Å². The lowest BCUT2D eigenvalue weighted by Gasteiger charge is -2.44. The highest BCUT2D eigenvalue weighted by atomic mass is 31.2. The summed E-state index contributed by atoms with van der Waals surface area (Å²) in [5, 5.41) is 0. The smallest absolute Gasteiger partial charge is 0.337 e. The van der Waals surface area contributed by atoms with Crippen LogP contribution in [0.15, 0.2) is 24.8 Å². The number of ether oxygens (including phenoxy) is 4. The molecule has 3 atom stereocenters. The lowest BCUT2D eigenvalue weighted by molar-refractivity contribution is -0.154. The van der Waals surface area contributed by atoms with Crippen LogP contribution in [0.5, 0.6) is 0 Å². The Kier molecular flexibility index (Phi) is 10.7. The van der Waals surface area contributed by atoms with Crippen LogP contribution in [0.25, 0.3) is 0 Å². The summed E-state index contributed by atoms with van der Waals surface area (Å²) >= 11 is 0. The van der Waals surface area contributed by atoms with E-state index in [0.29, 0.717) is 0 Å². The molecule has 0 unspecified atom stereocenters. The van der Waals surface area contributed by atoms with E-state index in [1.54, 1.807) is 19.1 Å². The summed E-state index contributed by atoms with van der Waals surface area (Å²) in [5.74, 6) is -0.998. The molecule has 0 spiro atoms. The van der Waals surface area contributed by atoms with Crippen LogP contribution in [-0.2, 0) is 42.1 Å². The quantitative estimate of drug-likeness (QED) is 0.162. The Balaban J connectivity index is 3.26. The minimum Gasteiger partial charge on any atom is -0.359 e. The van der Waals surface area contributed by atoms with Gasteiger partial charge in [-0.1, -0.05) is 18.2 Å². The molecule has 10 heteroatoms. The van der Waals surface area contributed by atoms with Crippen molar-refractivity contribution >= 4 is 19.2 Å². The Morgan fingerprint density at radius 1 is 1.13 bits per heavy atom. The minimum absolute atomic E-state index is 0.0212. The van der Waals surface area contributed by atoms with Gasteiger partial charge in [0, 0.05) is 40.8 Å². The number of methoxy groups -OCH3 is 2. The number of hydrogen-bond acceptors (Lipinski definition) is 9. The molecule has 0 saturated heterocycles. The zero-order valence-electron chi connectivity index (χ0n) is 18.4. The van der Waals surface area contributed by atoms with Gasteiger partial charge in [0.1, 0.15) is 25.5 Å². The normalized spacial score (nSPS) is 26.7. The van der Waals surface area contributed by atoms with Gasteiger partial charge < -0.3 is 28.0 Å². The van der Waals surface area contributed by atoms with Crippen LogP contribution < -0.4 is 0 Å². The number of Topliss-reactive ketones (excluding diaryl/α,β-unsaturated/α-hetero) is 2. The molecule has 0 fully saturated rings. The molecule has 1 aliphatic rings. The molecule has 0 aromatic carbocycles. The molecule has 30 heavy (non-hydrogen) atoms. The molecular weight excluding hydrogens is 415 g/mol. The molecule has 1 rings (SSSR count). The summed E-state index contributed by atoms with van der Waals surface area (Å²) in [7, 11) is 1.80. The molecule has 0 bridgehead atoms. The highest BCUT2D eigenvalue weighted by Gasteiger charge is 2.53. The van der Waals surface area contributed by atoms with Crippen LogP contribution >= 0.6 is 7.60 Å². The van der Waals surface area contributed by atoms with Gasteiger partial charge in [0.25, 0.3) is 0 Å². The Morgan fingerprint density at radius 3 is 2.20 bits per heavy atom. The van der Waals surface area contributed by atoms with Crippen LogP contribution in [-0.4, -0.2) is 73.0 Å². The molecule has 0 saturated carbocycles. The molecule has 0 amide bonds. The second kappa shape index (κ2) is 12.0. The predicted octanol–water partition coefficient (Wildman–Crippen LogP) is 2.61. The van der Waals surface area contributed by atoms with Crippen molar-refractivity contribution < 1.29 is 42.1 Å². The average molecular weight is 448 g/mol. The summed E-state index contributed by atoms with van der Waals surface area (Å²) in [6.45, 7) is 5.53. The summed E-state index contributed by atoms with van der Waals surface area (Å²) in [4.78, 5) is 26.5. The van der Waals surface area contributed by atoms with E-state index in [9.17, 15) is 14.2 Å². The third kappa shape index (κ3) is 6.40. The fourth-order valence-electron chi connectivity index (χ4n) is 3.57. The monoisotopic (exact) mass is 448 g/mol. The molecule has 1 aliphatic carbocycles. The molecular formula is C20H33O9P. The first-order valence-corrected chi connectivity index (χ1v) is 11.1. The Labute approximate surface area is 178 Å². The third-order valence-electron chi connectivity index (χ3n) is 5.19. The lowest BCUT2D eigenvalue weighted by Crippen LogP contribution is -2.53. The van der Waals surface area contributed by atoms with Crippen molar-refractivity contribution in [1.29, 1.82) is 0 Å². The fourth-order valence-corrected chi connectivity index (χ4v) is 4.52. The first kappa shape index (κ1) is 26.8. The van der Waals surface area contributed by atoms with Crippen LogP contribution in [0.3, 0.4) is 0 Å². The SMILES string of the molecule is C=C[C@H]1C=C[C@](COCOC)(CC(=O)CP(=O)(OC)OC)C(=O)[C@@]1(C)COCOC. The largest absolute Gasteiger partial charge is 0.359 e. The number of hydrogen-bond donors (Lipinski definition) is 0. The Bertz CT molecular complexity index is 669. The number of rotatable bonds is 15. The van der Waals surface area contributed by atoms with E-state index in [1.165, 1.54) is 28.4 Å². The molecule has 0 aromatic heterocycles. The van der Waals surface area contributed by atoms with Crippen molar-refractivity contribution in [3.05, 3.63) is 24.8 Å². The van der Waals surface area contributed by atoms with Crippen molar-refractivity contribution in [3.63, 3.8) is 0 Å². The van der Waals surface area contributed by atoms with Crippen LogP contribution in [0.1, 0.15) is 13.3 Å². The van der Waals surface area contributed by atoms with Gasteiger partial charge >= 0.3 is 7.60 Å². The van der Waals surface area contributed by atoms with Gasteiger partial charge in [-0.3, -0.25) is 14.2 Å². The minimum atomic E-state index is -3.57. The first-order valence-electron chi connectivity index (χ1n) is 9.39. The van der Waals surface area contributed by atoms with Crippen LogP contribution in [0, 0.1) is 16.7 Å². The van der Waals surface area contributed by atoms with Gasteiger partial charge in [0.2, 0.25) is 0 Å². The summed E-state index contributed by atoms with van der Waals surface area (Å²) in [6.07, 6.45) is 4.47. The van der Waals surface area contributed by atoms with Gasteiger partial charge in [-0.2, -0.15) is 0 Å². The van der Waals surface area contributed by atoms with Gasteiger partial charge in [-0.25, -0.2) is 0 Å². The Hall–Kier alpha value is -1.19. The second-order valence-electron chi connectivity index (χ2n) is 7.38. The van der Waals surface area contributed by atoms with Crippen molar-refractivity contribution in [3.8, 4) is 0 Å². The molecule has 0 aliphatic heterocycles. The highest BCUT2D eigenvalue weighted by molar-refractivity contribution is 7.54. The molecule has 0 heterocycles. The summed E-state index contributed by atoms with van der Waals surface area (Å²) in [5.41, 5.74) is -2.29. The summed E-state index contributed by atoms with van der Waals surface area (Å²) in [6, 6.07) is 0. The second-order valence-corrected chi connectivity index (χ2v) is 9.65. The van der Waals surface area contributed by atoms with Gasteiger partial charge in [0.05, 0.1) is 24.0 Å². The van der Waals surface area contributed by atoms with E-state index in [0.717, 1.165) is 0 Å². The van der Waals surface area contributed by atoms with Gasteiger partial charge in [-0.15, -0.1) is 6.58 Å². The van der Waals surface area contributed by atoms with E-state index < -0.39 is 30.4 Å². The van der Waals surface area contributed by atoms with Crippen LogP contribution in [0.4, 0.5) is 0 Å². The van der Waals surface area contributed by atoms with Crippen molar-refractivity contribution in [1.82, 2.24) is 0 Å². The fraction of sp³-hybridized carbons (Fsp3) is 0.700. The van der Waals surface area contributed by atoms with E-state index in [-0.39, 0.29) is 44.9 Å². The maximum atomic E-state index is 13.7. The molecule has 0 radical (unpaired) electrons. The number of carbonyl (C=O) groups excluding carboxylic acids is 2. The number of allylic oxidation sites excluding steroid dienone is 2. The number of carbonyl (C=O) groups is 2. The highest BCUT2D eigenvalue weighted by Crippen LogP contribution is 2.49. The van der Waals surface area contributed by atoms with Crippen molar-refractivity contribution in [2.24, 2.45) is 16.7 Å². The third-order valence-corrected chi connectivity index (χ3v) is 7.04. The summed E-state index contributed by atoms with van der Waals surface area (Å²) < 4.78 is 43.0. The molecule has 172 valence electrons. The topological polar surface area (TPSA) is 107 Å². The predicted molar refractivity (Wildman–Crippen MR) is 110 cm³/mol. The number of ketones is 2. The zero-order valence-corrected chi connectivity index (χ0v) is 19.3. The van der Waals surface area contributed by atoms with Crippen molar-refractivity contribution in [2.75, 3.05) is 61.4 Å². The molecule has 0 aromatic rings. The maximum absolute atomic E-state index is 13.7. The van der Waals surface area contributed by atoms with E-state index in [2.05, 4.69) is 6.58 Å². The average Bonchev–Trinajstić information content (AvgIpc) is 2.72. The standard InChI is InChI=1S/C20H33O9P/c1-7-16-8-9-20(13-29-15-25-4,10-17(21)11-30(23,26-5)27-6)18(22)19(16,2)12-28-14-24-3/h7-9,16H,1,10-15H2,2-6H3/t16-,19-,20+/m0/s1. The molecule has 0 N–H and O–H groups in total. The van der Waals surface area contributed by atoms with Gasteiger partial charge in [0.15, 0.2) is 5.78 Å². The molecule has 9 nitrogen and oxygen atoms in total.